The Kier molecular flexibility index (Phi) is 5.23. The van der Waals surface area contributed by atoms with Crippen molar-refractivity contribution in [3.05, 3.63) is 94.4 Å². The fourth-order valence-corrected chi connectivity index (χ4v) is 4.46. The van der Waals surface area contributed by atoms with E-state index in [1.165, 1.54) is 12.1 Å². The molecule has 2 heterocycles. The maximum absolute atomic E-state index is 13.7. The number of methoxy groups -OCH3 is 1. The molecule has 1 aliphatic rings. The summed E-state index contributed by atoms with van der Waals surface area (Å²) in [4.78, 5) is 18.6. The van der Waals surface area contributed by atoms with Gasteiger partial charge in [0.05, 0.1) is 13.2 Å². The van der Waals surface area contributed by atoms with Crippen molar-refractivity contribution in [1.29, 1.82) is 0 Å². The Morgan fingerprint density at radius 2 is 1.88 bits per heavy atom. The first-order valence-corrected chi connectivity index (χ1v) is 10.7. The molecular formula is C25H21ClFN3O2. The standard InChI is InChI=1S/C25H21ClFN3O2/c1-32-19-10-11-22-21(14-19)20-12-13-30(25(31)28-18-8-4-16(26)5-9-18)24(23(20)29-22)15-2-6-17(27)7-3-15/h2-11,14,24,29H,12-13H2,1H3,(H,28,31)/t24-/m0/s1. The second kappa shape index (κ2) is 8.20. The van der Waals surface area contributed by atoms with Crippen molar-refractivity contribution in [2.75, 3.05) is 19.0 Å². The van der Waals surface area contributed by atoms with Crippen molar-refractivity contribution in [2.24, 2.45) is 0 Å². The molecule has 1 aliphatic heterocycles. The van der Waals surface area contributed by atoms with Crippen LogP contribution in [0.3, 0.4) is 0 Å². The SMILES string of the molecule is COc1ccc2[nH]c3c(c2c1)CCN(C(=O)Nc1ccc(Cl)cc1)[C@H]3c1ccc(F)cc1. The minimum Gasteiger partial charge on any atom is -0.497 e. The number of aromatic nitrogens is 1. The Morgan fingerprint density at radius 1 is 1.12 bits per heavy atom. The summed E-state index contributed by atoms with van der Waals surface area (Å²) in [5, 5.41) is 4.63. The van der Waals surface area contributed by atoms with Gasteiger partial charge >= 0.3 is 6.03 Å². The van der Waals surface area contributed by atoms with E-state index >= 15 is 0 Å². The van der Waals surface area contributed by atoms with Crippen LogP contribution in [-0.4, -0.2) is 29.6 Å². The third-order valence-corrected chi connectivity index (χ3v) is 6.13. The quantitative estimate of drug-likeness (QED) is 0.394. The average molecular weight is 450 g/mol. The number of benzene rings is 3. The number of nitrogens with zero attached hydrogens (tertiary/aromatic N) is 1. The molecule has 4 aromatic rings. The molecule has 1 aromatic heterocycles. The van der Waals surface area contributed by atoms with Gasteiger partial charge in [-0.1, -0.05) is 23.7 Å². The number of amides is 2. The predicted molar refractivity (Wildman–Crippen MR) is 124 cm³/mol. The lowest BCUT2D eigenvalue weighted by atomic mass is 9.92. The smallest absolute Gasteiger partial charge is 0.322 e. The molecule has 2 amide bonds. The summed E-state index contributed by atoms with van der Waals surface area (Å²) in [7, 11) is 1.64. The minimum atomic E-state index is -0.384. The fourth-order valence-electron chi connectivity index (χ4n) is 4.33. The Balaban J connectivity index is 1.57. The van der Waals surface area contributed by atoms with E-state index in [0.717, 1.165) is 33.5 Å². The highest BCUT2D eigenvalue weighted by Crippen LogP contribution is 2.39. The van der Waals surface area contributed by atoms with Crippen LogP contribution in [0.25, 0.3) is 10.9 Å². The largest absolute Gasteiger partial charge is 0.497 e. The van der Waals surface area contributed by atoms with Gasteiger partial charge in [-0.15, -0.1) is 0 Å². The van der Waals surface area contributed by atoms with E-state index in [4.69, 9.17) is 16.3 Å². The number of carbonyl (C=O) groups is 1. The number of urea groups is 1. The molecule has 5 nitrogen and oxygen atoms in total. The van der Waals surface area contributed by atoms with E-state index < -0.39 is 0 Å². The molecule has 0 spiro atoms. The number of H-pyrrole nitrogens is 1. The number of hydrogen-bond acceptors (Lipinski definition) is 2. The fraction of sp³-hybridized carbons (Fsp3) is 0.160. The minimum absolute atomic E-state index is 0.233. The molecule has 0 aliphatic carbocycles. The topological polar surface area (TPSA) is 57.4 Å². The van der Waals surface area contributed by atoms with E-state index in [1.807, 2.05) is 18.2 Å². The van der Waals surface area contributed by atoms with Crippen molar-refractivity contribution in [1.82, 2.24) is 9.88 Å². The van der Waals surface area contributed by atoms with Gasteiger partial charge in [0.1, 0.15) is 11.6 Å². The van der Waals surface area contributed by atoms with Crippen LogP contribution in [-0.2, 0) is 6.42 Å². The van der Waals surface area contributed by atoms with Gasteiger partial charge in [-0.25, -0.2) is 9.18 Å². The molecule has 2 N–H and O–H groups in total. The lowest BCUT2D eigenvalue weighted by Gasteiger charge is -2.36. The molecule has 3 aromatic carbocycles. The molecule has 0 saturated heterocycles. The number of rotatable bonds is 3. The third kappa shape index (κ3) is 3.67. The number of halogens is 2. The molecule has 162 valence electrons. The lowest BCUT2D eigenvalue weighted by Crippen LogP contribution is -2.43. The van der Waals surface area contributed by atoms with E-state index in [1.54, 1.807) is 48.4 Å². The van der Waals surface area contributed by atoms with Crippen molar-refractivity contribution in [2.45, 2.75) is 12.5 Å². The molecule has 1 atom stereocenters. The van der Waals surface area contributed by atoms with E-state index in [2.05, 4.69) is 10.3 Å². The number of fused-ring (bicyclic) bond motifs is 3. The number of nitrogens with one attached hydrogen (secondary N) is 2. The summed E-state index contributed by atoms with van der Waals surface area (Å²) in [6, 6.07) is 18.6. The highest BCUT2D eigenvalue weighted by atomic mass is 35.5. The van der Waals surface area contributed by atoms with Gasteiger partial charge in [0, 0.05) is 33.9 Å². The molecule has 0 bridgehead atoms. The molecule has 0 saturated carbocycles. The molecule has 32 heavy (non-hydrogen) atoms. The molecule has 7 heteroatoms. The lowest BCUT2D eigenvalue weighted by molar-refractivity contribution is 0.193. The highest BCUT2D eigenvalue weighted by molar-refractivity contribution is 6.30. The van der Waals surface area contributed by atoms with E-state index in [0.29, 0.717) is 23.7 Å². The summed E-state index contributed by atoms with van der Waals surface area (Å²) < 4.78 is 19.1. The zero-order valence-corrected chi connectivity index (χ0v) is 18.1. The van der Waals surface area contributed by atoms with E-state index in [-0.39, 0.29) is 17.9 Å². The normalized spacial score (nSPS) is 15.5. The number of aromatic amines is 1. The zero-order chi connectivity index (χ0) is 22.2. The van der Waals surface area contributed by atoms with Crippen LogP contribution in [0, 0.1) is 5.82 Å². The zero-order valence-electron chi connectivity index (χ0n) is 17.4. The van der Waals surface area contributed by atoms with Crippen molar-refractivity contribution in [3.63, 3.8) is 0 Å². The first-order chi connectivity index (χ1) is 15.5. The number of anilines is 1. The highest BCUT2D eigenvalue weighted by Gasteiger charge is 2.34. The number of carbonyl (C=O) groups excluding carboxylic acids is 1. The summed E-state index contributed by atoms with van der Waals surface area (Å²) >= 11 is 5.96. The second-order valence-corrected chi connectivity index (χ2v) is 8.20. The van der Waals surface area contributed by atoms with Crippen LogP contribution in [0.15, 0.2) is 66.7 Å². The summed E-state index contributed by atoms with van der Waals surface area (Å²) in [5.41, 5.74) is 4.53. The molecule has 0 unspecified atom stereocenters. The Hall–Kier alpha value is -3.51. The Bertz CT molecular complexity index is 1290. The number of ether oxygens (including phenoxy) is 1. The van der Waals surface area contributed by atoms with Gasteiger partial charge in [0.25, 0.3) is 0 Å². The van der Waals surface area contributed by atoms with Gasteiger partial charge in [-0.2, -0.15) is 0 Å². The van der Waals surface area contributed by atoms with Gasteiger partial charge in [0.2, 0.25) is 0 Å². The van der Waals surface area contributed by atoms with Crippen LogP contribution in [0.2, 0.25) is 5.02 Å². The van der Waals surface area contributed by atoms with Gasteiger partial charge < -0.3 is 19.9 Å². The van der Waals surface area contributed by atoms with Crippen LogP contribution < -0.4 is 10.1 Å². The van der Waals surface area contributed by atoms with Gasteiger partial charge in [-0.3, -0.25) is 0 Å². The van der Waals surface area contributed by atoms with Crippen molar-refractivity contribution < 1.29 is 13.9 Å². The third-order valence-electron chi connectivity index (χ3n) is 5.88. The molecular weight excluding hydrogens is 429 g/mol. The maximum atomic E-state index is 13.7. The monoisotopic (exact) mass is 449 g/mol. The van der Waals surface area contributed by atoms with Gasteiger partial charge in [0.15, 0.2) is 0 Å². The van der Waals surface area contributed by atoms with Crippen molar-refractivity contribution >= 4 is 34.2 Å². The van der Waals surface area contributed by atoms with Crippen LogP contribution in [0.4, 0.5) is 14.9 Å². The van der Waals surface area contributed by atoms with Crippen LogP contribution in [0.1, 0.15) is 22.9 Å². The second-order valence-electron chi connectivity index (χ2n) is 7.76. The van der Waals surface area contributed by atoms with Crippen LogP contribution >= 0.6 is 11.6 Å². The molecule has 0 radical (unpaired) electrons. The first kappa shape index (κ1) is 20.4. The summed E-state index contributed by atoms with van der Waals surface area (Å²) in [6.45, 7) is 0.513. The Morgan fingerprint density at radius 3 is 2.59 bits per heavy atom. The van der Waals surface area contributed by atoms with Crippen molar-refractivity contribution in [3.8, 4) is 5.75 Å². The molecule has 5 rings (SSSR count). The average Bonchev–Trinajstić information content (AvgIpc) is 3.18. The summed E-state index contributed by atoms with van der Waals surface area (Å²) in [6.07, 6.45) is 0.689. The molecule has 0 fully saturated rings. The van der Waals surface area contributed by atoms with Gasteiger partial charge in [-0.05, 0) is 72.1 Å². The maximum Gasteiger partial charge on any atom is 0.322 e. The number of hydrogen-bond donors (Lipinski definition) is 2. The van der Waals surface area contributed by atoms with Crippen LogP contribution in [0.5, 0.6) is 5.75 Å². The van der Waals surface area contributed by atoms with E-state index in [9.17, 15) is 9.18 Å². The first-order valence-electron chi connectivity index (χ1n) is 10.3. The predicted octanol–water partition coefficient (Wildman–Crippen LogP) is 6.15. The Labute approximate surface area is 189 Å². The summed E-state index contributed by atoms with van der Waals surface area (Å²) in [5.74, 6) is 0.462.